The van der Waals surface area contributed by atoms with Crippen LogP contribution in [0.2, 0.25) is 0 Å². The Morgan fingerprint density at radius 3 is 1.50 bits per heavy atom. The normalized spacial score (nSPS) is 10.2. The Bertz CT molecular complexity index is 227. The lowest BCUT2D eigenvalue weighted by Gasteiger charge is -2.12. The molecule has 0 spiro atoms. The summed E-state index contributed by atoms with van der Waals surface area (Å²) < 4.78 is 0. The molecule has 0 aromatic heterocycles. The standard InChI is InChI=1S/C9H13BO2/c1-4-7(10)5(2)9(12)6(3)8(4)11/h11-12H,10H2,1-3H3. The van der Waals surface area contributed by atoms with Crippen molar-refractivity contribution in [1.82, 2.24) is 0 Å². The molecule has 1 rings (SSSR count). The molecule has 0 bridgehead atoms. The number of phenolic OH excluding ortho intramolecular Hbond substituents is 2. The van der Waals surface area contributed by atoms with Crippen molar-refractivity contribution in [3.8, 4) is 11.5 Å². The van der Waals surface area contributed by atoms with Gasteiger partial charge in [-0.1, -0.05) is 5.46 Å². The summed E-state index contributed by atoms with van der Waals surface area (Å²) in [5.41, 5.74) is 3.22. The molecule has 0 amide bonds. The number of aromatic hydroxyl groups is 2. The van der Waals surface area contributed by atoms with Crippen molar-refractivity contribution >= 4 is 13.3 Å². The highest BCUT2D eigenvalue weighted by Crippen LogP contribution is 2.30. The molecule has 0 aliphatic heterocycles. The number of phenols is 2. The Labute approximate surface area is 73.3 Å². The van der Waals surface area contributed by atoms with E-state index in [2.05, 4.69) is 0 Å². The summed E-state index contributed by atoms with van der Waals surface area (Å²) in [7, 11) is 1.89. The molecule has 64 valence electrons. The van der Waals surface area contributed by atoms with E-state index < -0.39 is 0 Å². The first kappa shape index (κ1) is 8.98. The van der Waals surface area contributed by atoms with Gasteiger partial charge in [0.25, 0.3) is 0 Å². The van der Waals surface area contributed by atoms with E-state index in [0.29, 0.717) is 5.56 Å². The summed E-state index contributed by atoms with van der Waals surface area (Å²) >= 11 is 0. The molecule has 12 heavy (non-hydrogen) atoms. The van der Waals surface area contributed by atoms with Crippen molar-refractivity contribution in [2.24, 2.45) is 0 Å². The van der Waals surface area contributed by atoms with E-state index in [9.17, 15) is 10.2 Å². The minimum atomic E-state index is 0.204. The Morgan fingerprint density at radius 2 is 1.17 bits per heavy atom. The van der Waals surface area contributed by atoms with Crippen LogP contribution in [0.25, 0.3) is 0 Å². The van der Waals surface area contributed by atoms with Gasteiger partial charge in [-0.05, 0) is 31.9 Å². The van der Waals surface area contributed by atoms with Gasteiger partial charge >= 0.3 is 0 Å². The number of benzene rings is 1. The van der Waals surface area contributed by atoms with Gasteiger partial charge in [0.2, 0.25) is 0 Å². The predicted octanol–water partition coefficient (Wildman–Crippen LogP) is 0.281. The van der Waals surface area contributed by atoms with E-state index in [1.165, 1.54) is 0 Å². The molecule has 0 heterocycles. The summed E-state index contributed by atoms with van der Waals surface area (Å²) in [4.78, 5) is 0. The Morgan fingerprint density at radius 1 is 0.833 bits per heavy atom. The molecule has 0 fully saturated rings. The van der Waals surface area contributed by atoms with Gasteiger partial charge in [-0.25, -0.2) is 0 Å². The fourth-order valence-corrected chi connectivity index (χ4v) is 1.31. The van der Waals surface area contributed by atoms with Crippen LogP contribution in [0.5, 0.6) is 11.5 Å². The van der Waals surface area contributed by atoms with Crippen LogP contribution in [0.15, 0.2) is 0 Å². The van der Waals surface area contributed by atoms with Gasteiger partial charge in [0, 0.05) is 5.56 Å². The van der Waals surface area contributed by atoms with Crippen LogP contribution in [-0.2, 0) is 0 Å². The van der Waals surface area contributed by atoms with Gasteiger partial charge in [-0.3, -0.25) is 0 Å². The monoisotopic (exact) mass is 164 g/mol. The molecule has 0 aliphatic carbocycles. The number of hydrogen-bond acceptors (Lipinski definition) is 2. The minimum absolute atomic E-state index is 0.204. The van der Waals surface area contributed by atoms with Crippen LogP contribution >= 0.6 is 0 Å². The lowest BCUT2D eigenvalue weighted by molar-refractivity contribution is 0.439. The zero-order valence-corrected chi connectivity index (χ0v) is 7.89. The highest BCUT2D eigenvalue weighted by molar-refractivity contribution is 6.35. The second-order valence-corrected chi connectivity index (χ2v) is 3.20. The second-order valence-electron chi connectivity index (χ2n) is 3.20. The molecule has 2 N–H and O–H groups in total. The smallest absolute Gasteiger partial charge is 0.140 e. The highest BCUT2D eigenvalue weighted by Gasteiger charge is 2.12. The summed E-state index contributed by atoms with van der Waals surface area (Å²) in [5, 5.41) is 19.1. The summed E-state index contributed by atoms with van der Waals surface area (Å²) in [6, 6.07) is 0. The maximum absolute atomic E-state index is 9.53. The van der Waals surface area contributed by atoms with E-state index >= 15 is 0 Å². The Balaban J connectivity index is 3.60. The van der Waals surface area contributed by atoms with Crippen molar-refractivity contribution in [3.63, 3.8) is 0 Å². The predicted molar refractivity (Wildman–Crippen MR) is 52.2 cm³/mol. The third-order valence-electron chi connectivity index (χ3n) is 2.55. The molecule has 1 aromatic rings. The van der Waals surface area contributed by atoms with Crippen LogP contribution in [-0.4, -0.2) is 18.1 Å². The molecule has 1 aromatic carbocycles. The van der Waals surface area contributed by atoms with E-state index in [1.54, 1.807) is 6.92 Å². The van der Waals surface area contributed by atoms with Crippen LogP contribution in [0.4, 0.5) is 0 Å². The zero-order valence-electron chi connectivity index (χ0n) is 7.89. The first-order chi connectivity index (χ1) is 5.46. The zero-order chi connectivity index (χ0) is 9.46. The summed E-state index contributed by atoms with van der Waals surface area (Å²) in [5.74, 6) is 0.409. The Kier molecular flexibility index (Phi) is 2.05. The van der Waals surface area contributed by atoms with Crippen molar-refractivity contribution in [2.45, 2.75) is 20.8 Å². The molecule has 0 aliphatic rings. The van der Waals surface area contributed by atoms with E-state index in [-0.39, 0.29) is 11.5 Å². The van der Waals surface area contributed by atoms with Crippen LogP contribution in [0.1, 0.15) is 16.7 Å². The van der Waals surface area contributed by atoms with Crippen LogP contribution in [0.3, 0.4) is 0 Å². The summed E-state index contributed by atoms with van der Waals surface area (Å²) in [6.07, 6.45) is 0. The molecular formula is C9H13BO2. The van der Waals surface area contributed by atoms with E-state index in [1.807, 2.05) is 21.7 Å². The molecule has 0 atom stereocenters. The van der Waals surface area contributed by atoms with Crippen molar-refractivity contribution in [2.75, 3.05) is 0 Å². The molecule has 2 nitrogen and oxygen atoms in total. The molecular weight excluding hydrogens is 151 g/mol. The first-order valence-corrected chi connectivity index (χ1v) is 3.95. The lowest BCUT2D eigenvalue weighted by Crippen LogP contribution is -2.12. The largest absolute Gasteiger partial charge is 0.507 e. The lowest BCUT2D eigenvalue weighted by atomic mass is 9.84. The maximum Gasteiger partial charge on any atom is 0.140 e. The molecule has 0 unspecified atom stereocenters. The van der Waals surface area contributed by atoms with Gasteiger partial charge in [-0.15, -0.1) is 0 Å². The van der Waals surface area contributed by atoms with Crippen molar-refractivity contribution < 1.29 is 10.2 Å². The van der Waals surface area contributed by atoms with Gasteiger partial charge in [0.05, 0.1) is 0 Å². The highest BCUT2D eigenvalue weighted by atomic mass is 16.3. The topological polar surface area (TPSA) is 40.5 Å². The molecule has 0 saturated carbocycles. The van der Waals surface area contributed by atoms with E-state index in [4.69, 9.17) is 0 Å². The first-order valence-electron chi connectivity index (χ1n) is 3.95. The quantitative estimate of drug-likeness (QED) is 0.540. The fourth-order valence-electron chi connectivity index (χ4n) is 1.31. The van der Waals surface area contributed by atoms with Gasteiger partial charge in [0.1, 0.15) is 19.3 Å². The van der Waals surface area contributed by atoms with Crippen molar-refractivity contribution in [1.29, 1.82) is 0 Å². The average molecular weight is 164 g/mol. The third kappa shape index (κ3) is 1.05. The van der Waals surface area contributed by atoms with Crippen molar-refractivity contribution in [3.05, 3.63) is 16.7 Å². The maximum atomic E-state index is 9.53. The molecule has 0 radical (unpaired) electrons. The second kappa shape index (κ2) is 2.74. The number of rotatable bonds is 0. The van der Waals surface area contributed by atoms with Gasteiger partial charge in [0.15, 0.2) is 0 Å². The van der Waals surface area contributed by atoms with E-state index in [0.717, 1.165) is 16.6 Å². The minimum Gasteiger partial charge on any atom is -0.507 e. The average Bonchev–Trinajstić information content (AvgIpc) is 2.08. The summed E-state index contributed by atoms with van der Waals surface area (Å²) in [6.45, 7) is 5.42. The molecule has 0 saturated heterocycles. The fraction of sp³-hybridized carbons (Fsp3) is 0.333. The van der Waals surface area contributed by atoms with Crippen LogP contribution in [0, 0.1) is 20.8 Å². The van der Waals surface area contributed by atoms with Gasteiger partial charge < -0.3 is 10.2 Å². The number of hydrogen-bond donors (Lipinski definition) is 2. The Hall–Kier alpha value is -1.12. The van der Waals surface area contributed by atoms with Crippen LogP contribution < -0.4 is 5.46 Å². The SMILES string of the molecule is Bc1c(C)c(O)c(C)c(O)c1C. The molecule has 3 heteroatoms. The van der Waals surface area contributed by atoms with Gasteiger partial charge in [-0.2, -0.15) is 0 Å². The third-order valence-corrected chi connectivity index (χ3v) is 2.55.